The average Bonchev–Trinajstić information content (AvgIpc) is 3.54. The Morgan fingerprint density at radius 1 is 1.07 bits per heavy atom. The van der Waals surface area contributed by atoms with Crippen molar-refractivity contribution in [1.29, 1.82) is 0 Å². The number of fused-ring (bicyclic) bond motifs is 4. The molecule has 1 N–H and O–H groups in total. The number of sulfone groups is 1. The maximum absolute atomic E-state index is 15.4. The molecule has 10 nitrogen and oxygen atoms in total. The van der Waals surface area contributed by atoms with E-state index in [4.69, 9.17) is 16.6 Å². The predicted molar refractivity (Wildman–Crippen MR) is 187 cm³/mol. The average molecular weight is 805 g/mol. The van der Waals surface area contributed by atoms with E-state index in [0.717, 1.165) is 18.4 Å². The second-order valence-electron chi connectivity index (χ2n) is 14.5. The van der Waals surface area contributed by atoms with Gasteiger partial charge in [-0.3, -0.25) is 13.9 Å². The smallest absolute Gasteiger partial charge is 0.293 e. The van der Waals surface area contributed by atoms with Gasteiger partial charge in [0.05, 0.1) is 5.69 Å². The number of benzene rings is 1. The van der Waals surface area contributed by atoms with Crippen LogP contribution in [0.5, 0.6) is 0 Å². The second-order valence-corrected chi connectivity index (χ2v) is 17.0. The molecule has 1 fully saturated rings. The molecule has 7 rings (SSSR count). The van der Waals surface area contributed by atoms with E-state index in [0.29, 0.717) is 16.3 Å². The summed E-state index contributed by atoms with van der Waals surface area (Å²) in [6.07, 6.45) is -2.85. The van der Waals surface area contributed by atoms with Crippen LogP contribution < -0.4 is 0 Å². The van der Waals surface area contributed by atoms with Crippen LogP contribution in [-0.2, 0) is 39.3 Å². The molecule has 0 unspecified atom stereocenters. The fourth-order valence-corrected chi connectivity index (χ4v) is 8.11. The lowest BCUT2D eigenvalue weighted by atomic mass is 9.86. The Bertz CT molecular complexity index is 2540. The first-order valence-corrected chi connectivity index (χ1v) is 19.3. The summed E-state index contributed by atoms with van der Waals surface area (Å²) in [5.41, 5.74) is -2.19. The monoisotopic (exact) mass is 804 g/mol. The molecule has 0 amide bonds. The molecule has 18 heteroatoms. The molecule has 0 radical (unpaired) electrons. The van der Waals surface area contributed by atoms with Gasteiger partial charge in [-0.2, -0.15) is 13.9 Å². The van der Waals surface area contributed by atoms with E-state index in [2.05, 4.69) is 27.1 Å². The first-order valence-electron chi connectivity index (χ1n) is 16.9. The maximum Gasteiger partial charge on any atom is 0.293 e. The largest absolute Gasteiger partial charge is 0.378 e. The third-order valence-corrected chi connectivity index (χ3v) is 10.5. The van der Waals surface area contributed by atoms with Gasteiger partial charge in [-0.25, -0.2) is 31.0 Å². The highest BCUT2D eigenvalue weighted by atomic mass is 35.5. The summed E-state index contributed by atoms with van der Waals surface area (Å²) < 4.78 is 114. The minimum Gasteiger partial charge on any atom is -0.378 e. The Kier molecular flexibility index (Phi) is 9.62. The molecule has 2 aliphatic carbocycles. The Labute approximate surface area is 315 Å². The van der Waals surface area contributed by atoms with E-state index in [-0.39, 0.29) is 57.5 Å². The van der Waals surface area contributed by atoms with Crippen LogP contribution in [0.1, 0.15) is 84.7 Å². The first-order chi connectivity index (χ1) is 25.7. The molecule has 1 saturated carbocycles. The third kappa shape index (κ3) is 7.72. The molecule has 4 aromatic heterocycles. The van der Waals surface area contributed by atoms with Gasteiger partial charge in [-0.1, -0.05) is 17.5 Å². The Hall–Kier alpha value is -4.79. The number of Topliss-reactive ketones (excluding diaryl/α,β-unsaturated/α-hetero) is 1. The van der Waals surface area contributed by atoms with E-state index >= 15 is 8.78 Å². The SMILES string of the molecule is CC(C)(O)C#Cc1ccc(-c2ccc(Cl)n3c(CS(C)(=O)=O)nnc23)c([C@@H](CC(=O)Cn2nc(C(F)F)c3c2C(F)(F)[C@@H]2C[C@H]32)Cc2cc(F)cc(F)c2)n1. The molecule has 5 aromatic rings. The van der Waals surface area contributed by atoms with Gasteiger partial charge in [0.2, 0.25) is 0 Å². The van der Waals surface area contributed by atoms with E-state index in [1.54, 1.807) is 12.1 Å². The number of aliphatic hydroxyl groups is 1. The van der Waals surface area contributed by atoms with Crippen LogP contribution in [-0.4, -0.2) is 60.5 Å². The van der Waals surface area contributed by atoms with Crippen LogP contribution in [0, 0.1) is 29.4 Å². The molecule has 0 spiro atoms. The van der Waals surface area contributed by atoms with Gasteiger partial charge in [-0.15, -0.1) is 10.2 Å². The van der Waals surface area contributed by atoms with Crippen molar-refractivity contribution < 1.29 is 44.7 Å². The summed E-state index contributed by atoms with van der Waals surface area (Å²) in [5.74, 6) is -4.14. The lowest BCUT2D eigenvalue weighted by Gasteiger charge is -2.21. The number of hydrogen-bond donors (Lipinski definition) is 1. The van der Waals surface area contributed by atoms with E-state index < -0.39 is 93.1 Å². The van der Waals surface area contributed by atoms with Crippen molar-refractivity contribution in [2.24, 2.45) is 5.92 Å². The van der Waals surface area contributed by atoms with Crippen molar-refractivity contribution in [1.82, 2.24) is 29.4 Å². The molecular weight excluding hydrogens is 774 g/mol. The van der Waals surface area contributed by atoms with E-state index in [9.17, 15) is 35.9 Å². The van der Waals surface area contributed by atoms with Crippen molar-refractivity contribution in [3.05, 3.63) is 99.0 Å². The van der Waals surface area contributed by atoms with Crippen molar-refractivity contribution in [2.75, 3.05) is 6.26 Å². The van der Waals surface area contributed by atoms with E-state index in [1.165, 1.54) is 30.4 Å². The number of pyridine rings is 2. The number of alkyl halides is 4. The topological polar surface area (TPSA) is 132 Å². The number of nitrogens with zero attached hydrogens (tertiary/aromatic N) is 6. The predicted octanol–water partition coefficient (Wildman–Crippen LogP) is 6.72. The fraction of sp³-hybridized carbons (Fsp3) is 0.378. The van der Waals surface area contributed by atoms with Gasteiger partial charge in [0.25, 0.3) is 12.3 Å². The summed E-state index contributed by atoms with van der Waals surface area (Å²) in [6.45, 7) is 2.07. The fourth-order valence-electron chi connectivity index (χ4n) is 7.22. The van der Waals surface area contributed by atoms with Gasteiger partial charge >= 0.3 is 0 Å². The van der Waals surface area contributed by atoms with Gasteiger partial charge in [0.15, 0.2) is 27.1 Å². The van der Waals surface area contributed by atoms with Crippen LogP contribution in [0.25, 0.3) is 16.8 Å². The molecule has 288 valence electrons. The zero-order valence-corrected chi connectivity index (χ0v) is 30.9. The van der Waals surface area contributed by atoms with Gasteiger partial charge < -0.3 is 5.11 Å². The van der Waals surface area contributed by atoms with Crippen LogP contribution in [0.3, 0.4) is 0 Å². The Balaban J connectivity index is 1.37. The summed E-state index contributed by atoms with van der Waals surface area (Å²) in [5, 5.41) is 22.3. The second kappa shape index (κ2) is 13.7. The summed E-state index contributed by atoms with van der Waals surface area (Å²) in [6, 6.07) is 8.84. The Morgan fingerprint density at radius 2 is 1.76 bits per heavy atom. The molecular formula is C37H31ClF6N6O4S. The number of aromatic nitrogens is 6. The molecule has 0 bridgehead atoms. The quantitative estimate of drug-likeness (QED) is 0.0885. The van der Waals surface area contributed by atoms with Crippen molar-refractivity contribution >= 4 is 32.9 Å². The summed E-state index contributed by atoms with van der Waals surface area (Å²) >= 11 is 6.49. The van der Waals surface area contributed by atoms with E-state index in [1.807, 2.05) is 0 Å². The number of ketones is 1. The molecule has 1 aromatic carbocycles. The van der Waals surface area contributed by atoms with Gasteiger partial charge in [-0.05, 0) is 80.5 Å². The molecule has 0 saturated heterocycles. The number of carbonyl (C=O) groups is 1. The minimum atomic E-state index is -3.60. The standard InChI is InChI=1S/C37H31ClF6N6O4S/c1-36(2,52)9-8-22-4-5-24(25-6-7-28(38)50-29(17-55(3,53)54)46-47-35(25)50)31(45-22)19(10-18-11-20(39)14-21(40)12-18)13-23(51)16-49-33-30(32(48-49)34(41)42)26-15-27(26)37(33,43)44/h4-7,11-12,14,19,26-27,34,52H,10,13,15-17H2,1-3H3/t19-,26+,27-/m1/s1. The summed E-state index contributed by atoms with van der Waals surface area (Å²) in [4.78, 5) is 18.7. The van der Waals surface area contributed by atoms with Crippen molar-refractivity contribution in [2.45, 2.75) is 75.2 Å². The number of carbonyl (C=O) groups excluding carboxylic acids is 1. The lowest BCUT2D eigenvalue weighted by Crippen LogP contribution is -2.24. The minimum absolute atomic E-state index is 0.00199. The highest BCUT2D eigenvalue weighted by Crippen LogP contribution is 2.68. The van der Waals surface area contributed by atoms with Crippen molar-refractivity contribution in [3.63, 3.8) is 0 Å². The maximum atomic E-state index is 15.4. The molecule has 4 heterocycles. The lowest BCUT2D eigenvalue weighted by molar-refractivity contribution is -0.120. The van der Waals surface area contributed by atoms with Crippen LogP contribution >= 0.6 is 11.6 Å². The summed E-state index contributed by atoms with van der Waals surface area (Å²) in [7, 11) is -3.60. The molecule has 55 heavy (non-hydrogen) atoms. The van der Waals surface area contributed by atoms with Crippen LogP contribution in [0.2, 0.25) is 5.15 Å². The zero-order valence-electron chi connectivity index (χ0n) is 29.3. The number of rotatable bonds is 11. The van der Waals surface area contributed by atoms with Crippen LogP contribution in [0.15, 0.2) is 42.5 Å². The molecule has 2 aliphatic rings. The third-order valence-electron chi connectivity index (χ3n) is 9.43. The van der Waals surface area contributed by atoms with Crippen molar-refractivity contribution in [3.8, 4) is 23.0 Å². The zero-order chi connectivity index (χ0) is 39.8. The normalized spacial score (nSPS) is 17.9. The number of halogens is 7. The highest BCUT2D eigenvalue weighted by Gasteiger charge is 2.67. The van der Waals surface area contributed by atoms with Gasteiger partial charge in [0, 0.05) is 47.3 Å². The molecule has 3 atom stereocenters. The highest BCUT2D eigenvalue weighted by molar-refractivity contribution is 7.89. The Morgan fingerprint density at radius 3 is 2.42 bits per heavy atom. The molecule has 0 aliphatic heterocycles. The first kappa shape index (κ1) is 38.5. The van der Waals surface area contributed by atoms with Crippen LogP contribution in [0.4, 0.5) is 26.3 Å². The number of hydrogen-bond acceptors (Lipinski definition) is 8. The van der Waals surface area contributed by atoms with Gasteiger partial charge in [0.1, 0.15) is 51.8 Å².